The van der Waals surface area contributed by atoms with Gasteiger partial charge in [-0.05, 0) is 25.6 Å². The monoisotopic (exact) mass is 401 g/mol. The van der Waals surface area contributed by atoms with Crippen molar-refractivity contribution in [1.82, 2.24) is 4.90 Å². The van der Waals surface area contributed by atoms with Gasteiger partial charge in [0, 0.05) is 12.1 Å². The van der Waals surface area contributed by atoms with Gasteiger partial charge in [-0.3, -0.25) is 4.79 Å². The average Bonchev–Trinajstić information content (AvgIpc) is 2.74. The van der Waals surface area contributed by atoms with Crippen LogP contribution in [0.1, 0.15) is 126 Å². The van der Waals surface area contributed by atoms with Crippen LogP contribution in [-0.2, 0) is 6.54 Å². The zero-order valence-electron chi connectivity index (χ0n) is 19.5. The van der Waals surface area contributed by atoms with Crippen LogP contribution in [0.25, 0.3) is 0 Å². The van der Waals surface area contributed by atoms with Crippen molar-refractivity contribution in [2.24, 2.45) is 0 Å². The molecule has 0 atom stereocenters. The van der Waals surface area contributed by atoms with Crippen molar-refractivity contribution in [3.05, 3.63) is 35.4 Å². The molecule has 1 aromatic rings. The molecule has 0 spiro atoms. The number of hydrogen-bond acceptors (Lipinski definition) is 2. The molecule has 0 aliphatic heterocycles. The predicted octanol–water partition coefficient (Wildman–Crippen LogP) is 8.19. The van der Waals surface area contributed by atoms with E-state index in [-0.39, 0.29) is 0 Å². The highest BCUT2D eigenvalue weighted by atomic mass is 16.1. The van der Waals surface area contributed by atoms with Gasteiger partial charge in [-0.15, -0.1) is 0 Å². The third-order valence-corrected chi connectivity index (χ3v) is 5.96. The molecule has 1 rings (SSSR count). The largest absolute Gasteiger partial charge is 0.302 e. The molecule has 0 bridgehead atoms. The maximum Gasteiger partial charge on any atom is 0.150 e. The second kappa shape index (κ2) is 18.9. The molecule has 2 nitrogen and oxygen atoms in total. The minimum atomic E-state index is 0.759. The van der Waals surface area contributed by atoms with Crippen molar-refractivity contribution in [3.8, 4) is 0 Å². The van der Waals surface area contributed by atoms with Crippen molar-refractivity contribution in [1.29, 1.82) is 0 Å². The van der Waals surface area contributed by atoms with E-state index < -0.39 is 0 Å². The van der Waals surface area contributed by atoms with E-state index in [1.807, 2.05) is 12.1 Å². The quantitative estimate of drug-likeness (QED) is 0.162. The van der Waals surface area contributed by atoms with Crippen LogP contribution in [0.2, 0.25) is 0 Å². The lowest BCUT2D eigenvalue weighted by molar-refractivity contribution is 0.112. The van der Waals surface area contributed by atoms with Crippen LogP contribution in [0, 0.1) is 0 Å². The summed E-state index contributed by atoms with van der Waals surface area (Å²) < 4.78 is 0. The third-order valence-electron chi connectivity index (χ3n) is 5.96. The summed E-state index contributed by atoms with van der Waals surface area (Å²) in [4.78, 5) is 13.1. The minimum absolute atomic E-state index is 0.759. The lowest BCUT2D eigenvalue weighted by Crippen LogP contribution is -2.19. The van der Waals surface area contributed by atoms with E-state index in [2.05, 4.69) is 31.0 Å². The summed E-state index contributed by atoms with van der Waals surface area (Å²) in [6.07, 6.45) is 23.6. The van der Waals surface area contributed by atoms with Crippen LogP contribution in [-0.4, -0.2) is 24.8 Å². The highest BCUT2D eigenvalue weighted by molar-refractivity contribution is 5.74. The second-order valence-electron chi connectivity index (χ2n) is 8.90. The van der Waals surface area contributed by atoms with Gasteiger partial charge in [0.25, 0.3) is 0 Å². The van der Waals surface area contributed by atoms with Crippen molar-refractivity contribution in [2.45, 2.75) is 116 Å². The summed E-state index contributed by atoms with van der Waals surface area (Å²) in [6, 6.07) is 7.94. The Kier molecular flexibility index (Phi) is 16.8. The van der Waals surface area contributed by atoms with Gasteiger partial charge in [-0.25, -0.2) is 0 Å². The van der Waals surface area contributed by atoms with Crippen LogP contribution < -0.4 is 0 Å². The summed E-state index contributed by atoms with van der Waals surface area (Å²) in [7, 11) is 2.19. The Bertz CT molecular complexity index is 482. The first kappa shape index (κ1) is 25.9. The Hall–Kier alpha value is -1.15. The summed E-state index contributed by atoms with van der Waals surface area (Å²) in [5.74, 6) is 0. The van der Waals surface area contributed by atoms with Crippen molar-refractivity contribution in [2.75, 3.05) is 13.6 Å². The molecule has 0 unspecified atom stereocenters. The normalized spacial score (nSPS) is 11.3. The van der Waals surface area contributed by atoms with Crippen molar-refractivity contribution < 1.29 is 4.79 Å². The van der Waals surface area contributed by atoms with Crippen molar-refractivity contribution in [3.63, 3.8) is 0 Å². The van der Waals surface area contributed by atoms with E-state index in [1.165, 1.54) is 108 Å². The highest BCUT2D eigenvalue weighted by Gasteiger charge is 2.01. The van der Waals surface area contributed by atoms with E-state index in [4.69, 9.17) is 0 Å². The summed E-state index contributed by atoms with van der Waals surface area (Å²) >= 11 is 0. The summed E-state index contributed by atoms with van der Waals surface area (Å²) in [5, 5.41) is 0. The fourth-order valence-electron chi connectivity index (χ4n) is 4.02. The second-order valence-corrected chi connectivity index (χ2v) is 8.90. The lowest BCUT2D eigenvalue weighted by atomic mass is 10.0. The molecule has 0 amide bonds. The molecule has 0 aliphatic rings. The molecule has 166 valence electrons. The van der Waals surface area contributed by atoms with Gasteiger partial charge in [-0.2, -0.15) is 0 Å². The number of unbranched alkanes of at least 4 members (excludes halogenated alkanes) is 15. The van der Waals surface area contributed by atoms with E-state index in [0.717, 1.165) is 24.9 Å². The average molecular weight is 402 g/mol. The topological polar surface area (TPSA) is 20.3 Å². The zero-order chi connectivity index (χ0) is 21.0. The zero-order valence-corrected chi connectivity index (χ0v) is 19.5. The fraction of sp³-hybridized carbons (Fsp3) is 0.741. The van der Waals surface area contributed by atoms with E-state index in [0.29, 0.717) is 0 Å². The molecule has 0 saturated heterocycles. The Balaban J connectivity index is 1.82. The Morgan fingerprint density at radius 1 is 0.655 bits per heavy atom. The summed E-state index contributed by atoms with van der Waals surface area (Å²) in [5.41, 5.74) is 2.05. The van der Waals surface area contributed by atoms with E-state index >= 15 is 0 Å². The number of carbonyl (C=O) groups excluding carboxylic acids is 1. The molecule has 0 heterocycles. The number of hydrogen-bond donors (Lipinski definition) is 0. The van der Waals surface area contributed by atoms with Crippen LogP contribution in [0.3, 0.4) is 0 Å². The van der Waals surface area contributed by atoms with Gasteiger partial charge in [-0.1, -0.05) is 128 Å². The Morgan fingerprint density at radius 2 is 1.07 bits per heavy atom. The standard InChI is InChI=1S/C27H47NO/c1-3-4-5-6-7-8-9-10-11-12-13-14-15-16-17-18-23-28(2)24-26-19-21-27(25-29)22-20-26/h19-22,25H,3-18,23-24H2,1-2H3. The molecule has 1 aromatic carbocycles. The molecule has 0 saturated carbocycles. The van der Waals surface area contributed by atoms with Gasteiger partial charge in [0.1, 0.15) is 6.29 Å². The maximum absolute atomic E-state index is 10.7. The van der Waals surface area contributed by atoms with Crippen LogP contribution in [0.4, 0.5) is 0 Å². The summed E-state index contributed by atoms with van der Waals surface area (Å²) in [6.45, 7) is 4.42. The van der Waals surface area contributed by atoms with Gasteiger partial charge in [0.2, 0.25) is 0 Å². The fourth-order valence-corrected chi connectivity index (χ4v) is 4.02. The maximum atomic E-state index is 10.7. The van der Waals surface area contributed by atoms with Gasteiger partial charge >= 0.3 is 0 Å². The van der Waals surface area contributed by atoms with E-state index in [1.54, 1.807) is 0 Å². The number of benzene rings is 1. The smallest absolute Gasteiger partial charge is 0.150 e. The molecular weight excluding hydrogens is 354 g/mol. The van der Waals surface area contributed by atoms with Gasteiger partial charge in [0.05, 0.1) is 0 Å². The first-order chi connectivity index (χ1) is 14.3. The molecule has 0 N–H and O–H groups in total. The molecule has 2 heteroatoms. The molecular formula is C27H47NO. The molecule has 0 aromatic heterocycles. The number of nitrogens with zero attached hydrogens (tertiary/aromatic N) is 1. The lowest BCUT2D eigenvalue weighted by Gasteiger charge is -2.16. The molecule has 29 heavy (non-hydrogen) atoms. The van der Waals surface area contributed by atoms with Crippen LogP contribution >= 0.6 is 0 Å². The first-order valence-corrected chi connectivity index (χ1v) is 12.5. The van der Waals surface area contributed by atoms with Crippen LogP contribution in [0.5, 0.6) is 0 Å². The third kappa shape index (κ3) is 15.4. The van der Waals surface area contributed by atoms with E-state index in [9.17, 15) is 4.79 Å². The molecule has 0 aliphatic carbocycles. The Morgan fingerprint density at radius 3 is 1.48 bits per heavy atom. The Labute approximate surface area is 181 Å². The predicted molar refractivity (Wildman–Crippen MR) is 128 cm³/mol. The first-order valence-electron chi connectivity index (χ1n) is 12.5. The molecule has 0 fully saturated rings. The number of rotatable bonds is 20. The number of aldehydes is 1. The van der Waals surface area contributed by atoms with Crippen molar-refractivity contribution >= 4 is 6.29 Å². The van der Waals surface area contributed by atoms with Gasteiger partial charge in [0.15, 0.2) is 0 Å². The van der Waals surface area contributed by atoms with Crippen LogP contribution in [0.15, 0.2) is 24.3 Å². The number of carbonyl (C=O) groups is 1. The minimum Gasteiger partial charge on any atom is -0.302 e. The highest BCUT2D eigenvalue weighted by Crippen LogP contribution is 2.14. The van der Waals surface area contributed by atoms with Gasteiger partial charge < -0.3 is 4.90 Å². The molecule has 0 radical (unpaired) electrons. The SMILES string of the molecule is CCCCCCCCCCCCCCCCCCN(C)Cc1ccc(C=O)cc1.